The van der Waals surface area contributed by atoms with Crippen molar-refractivity contribution in [1.82, 2.24) is 5.32 Å². The number of carbonyl (C=O) groups excluding carboxylic acids is 1. The SMILES string of the molecule is CC1(C)C(=O)NC2CCCC21. The Morgan fingerprint density at radius 3 is 2.82 bits per heavy atom. The standard InChI is InChI=1S/C9H15NO/c1-9(2)6-4-3-5-7(6)10-8(9)11/h6-7H,3-5H2,1-2H3,(H,10,11). The Kier molecular flexibility index (Phi) is 1.29. The summed E-state index contributed by atoms with van der Waals surface area (Å²) in [6, 6.07) is 0.498. The van der Waals surface area contributed by atoms with Crippen molar-refractivity contribution in [3.8, 4) is 0 Å². The molecule has 1 saturated carbocycles. The monoisotopic (exact) mass is 153 g/mol. The normalized spacial score (nSPS) is 40.4. The van der Waals surface area contributed by atoms with Crippen molar-refractivity contribution in [2.45, 2.75) is 39.2 Å². The molecule has 0 aromatic rings. The number of hydrogen-bond donors (Lipinski definition) is 1. The second kappa shape index (κ2) is 1.99. The van der Waals surface area contributed by atoms with Gasteiger partial charge in [-0.15, -0.1) is 0 Å². The predicted octanol–water partition coefficient (Wildman–Crippen LogP) is 1.31. The summed E-state index contributed by atoms with van der Waals surface area (Å²) in [7, 11) is 0. The van der Waals surface area contributed by atoms with Gasteiger partial charge in [0.25, 0.3) is 0 Å². The molecule has 2 atom stereocenters. The summed E-state index contributed by atoms with van der Waals surface area (Å²) in [5.41, 5.74) is -0.0961. The molecule has 1 aliphatic heterocycles. The maximum atomic E-state index is 11.4. The lowest BCUT2D eigenvalue weighted by atomic mass is 9.79. The average molecular weight is 153 g/mol. The van der Waals surface area contributed by atoms with E-state index in [4.69, 9.17) is 0 Å². The highest BCUT2D eigenvalue weighted by atomic mass is 16.2. The fourth-order valence-electron chi connectivity index (χ4n) is 2.52. The van der Waals surface area contributed by atoms with Gasteiger partial charge in [-0.3, -0.25) is 4.79 Å². The van der Waals surface area contributed by atoms with Gasteiger partial charge in [0.2, 0.25) is 5.91 Å². The first-order chi connectivity index (χ1) is 5.12. The number of fused-ring (bicyclic) bond motifs is 1. The van der Waals surface area contributed by atoms with Gasteiger partial charge in [-0.1, -0.05) is 20.3 Å². The van der Waals surface area contributed by atoms with Gasteiger partial charge in [-0.25, -0.2) is 0 Å². The van der Waals surface area contributed by atoms with Crippen LogP contribution in [0.15, 0.2) is 0 Å². The summed E-state index contributed by atoms with van der Waals surface area (Å²) < 4.78 is 0. The van der Waals surface area contributed by atoms with Crippen molar-refractivity contribution < 1.29 is 4.79 Å². The summed E-state index contributed by atoms with van der Waals surface area (Å²) in [5.74, 6) is 0.863. The molecule has 1 saturated heterocycles. The molecule has 2 aliphatic rings. The Balaban J connectivity index is 2.27. The molecule has 11 heavy (non-hydrogen) atoms. The third kappa shape index (κ3) is 0.815. The van der Waals surface area contributed by atoms with E-state index in [1.165, 1.54) is 19.3 Å². The van der Waals surface area contributed by atoms with E-state index >= 15 is 0 Å². The van der Waals surface area contributed by atoms with Crippen LogP contribution in [-0.4, -0.2) is 11.9 Å². The molecule has 0 aromatic heterocycles. The Labute approximate surface area is 67.4 Å². The number of carbonyl (C=O) groups is 1. The van der Waals surface area contributed by atoms with Crippen LogP contribution >= 0.6 is 0 Å². The second-order valence-electron chi connectivity index (χ2n) is 4.34. The highest BCUT2D eigenvalue weighted by Gasteiger charge is 2.50. The molecule has 1 N–H and O–H groups in total. The molecule has 2 fully saturated rings. The molecule has 0 bridgehead atoms. The summed E-state index contributed by atoms with van der Waals surface area (Å²) in [5, 5.41) is 3.07. The topological polar surface area (TPSA) is 29.1 Å². The smallest absolute Gasteiger partial charge is 0.226 e. The van der Waals surface area contributed by atoms with E-state index in [0.717, 1.165) is 0 Å². The molecular weight excluding hydrogens is 138 g/mol. The van der Waals surface area contributed by atoms with E-state index in [9.17, 15) is 4.79 Å². The number of hydrogen-bond acceptors (Lipinski definition) is 1. The van der Waals surface area contributed by atoms with E-state index in [1.54, 1.807) is 0 Å². The largest absolute Gasteiger partial charge is 0.353 e. The molecule has 2 rings (SSSR count). The fraction of sp³-hybridized carbons (Fsp3) is 0.889. The van der Waals surface area contributed by atoms with Gasteiger partial charge in [0.1, 0.15) is 0 Å². The van der Waals surface area contributed by atoms with E-state index < -0.39 is 0 Å². The minimum Gasteiger partial charge on any atom is -0.353 e. The molecular formula is C9H15NO. The highest BCUT2D eigenvalue weighted by Crippen LogP contribution is 2.44. The van der Waals surface area contributed by atoms with Crippen LogP contribution in [0.3, 0.4) is 0 Å². The summed E-state index contributed by atoms with van der Waals surface area (Å²) in [6.45, 7) is 4.14. The first-order valence-electron chi connectivity index (χ1n) is 4.43. The molecule has 62 valence electrons. The van der Waals surface area contributed by atoms with Crippen molar-refractivity contribution >= 4 is 5.91 Å². The van der Waals surface area contributed by atoms with Gasteiger partial charge in [-0.05, 0) is 18.8 Å². The molecule has 1 heterocycles. The molecule has 1 aliphatic carbocycles. The van der Waals surface area contributed by atoms with E-state index in [-0.39, 0.29) is 11.3 Å². The van der Waals surface area contributed by atoms with Crippen LogP contribution in [0.2, 0.25) is 0 Å². The number of amides is 1. The van der Waals surface area contributed by atoms with Gasteiger partial charge in [0.15, 0.2) is 0 Å². The molecule has 1 amide bonds. The van der Waals surface area contributed by atoms with Crippen LogP contribution in [0.5, 0.6) is 0 Å². The Morgan fingerprint density at radius 2 is 2.18 bits per heavy atom. The van der Waals surface area contributed by atoms with Gasteiger partial charge >= 0.3 is 0 Å². The maximum absolute atomic E-state index is 11.4. The van der Waals surface area contributed by atoms with Crippen molar-refractivity contribution in [2.75, 3.05) is 0 Å². The second-order valence-corrected chi connectivity index (χ2v) is 4.34. The number of rotatable bonds is 0. The van der Waals surface area contributed by atoms with E-state index in [1.807, 2.05) is 0 Å². The van der Waals surface area contributed by atoms with Crippen molar-refractivity contribution in [1.29, 1.82) is 0 Å². The fourth-order valence-corrected chi connectivity index (χ4v) is 2.52. The minimum atomic E-state index is -0.0961. The van der Waals surface area contributed by atoms with E-state index in [2.05, 4.69) is 19.2 Å². The third-order valence-electron chi connectivity index (χ3n) is 3.34. The third-order valence-corrected chi connectivity index (χ3v) is 3.34. The number of nitrogens with one attached hydrogen (secondary N) is 1. The van der Waals surface area contributed by atoms with Crippen molar-refractivity contribution in [3.63, 3.8) is 0 Å². The zero-order valence-electron chi connectivity index (χ0n) is 7.18. The lowest BCUT2D eigenvalue weighted by Gasteiger charge is -2.21. The zero-order chi connectivity index (χ0) is 8.06. The summed E-state index contributed by atoms with van der Waals surface area (Å²) >= 11 is 0. The van der Waals surface area contributed by atoms with Gasteiger partial charge in [0.05, 0.1) is 0 Å². The van der Waals surface area contributed by atoms with Crippen LogP contribution < -0.4 is 5.32 Å². The predicted molar refractivity (Wildman–Crippen MR) is 43.1 cm³/mol. The lowest BCUT2D eigenvalue weighted by molar-refractivity contribution is -0.127. The molecule has 2 nitrogen and oxygen atoms in total. The Bertz CT molecular complexity index is 198. The van der Waals surface area contributed by atoms with Crippen LogP contribution in [0.1, 0.15) is 33.1 Å². The van der Waals surface area contributed by atoms with Crippen molar-refractivity contribution in [2.24, 2.45) is 11.3 Å². The zero-order valence-corrected chi connectivity index (χ0v) is 7.18. The van der Waals surface area contributed by atoms with Gasteiger partial charge < -0.3 is 5.32 Å². The average Bonchev–Trinajstić information content (AvgIpc) is 2.41. The molecule has 2 unspecified atom stereocenters. The van der Waals surface area contributed by atoms with Crippen LogP contribution in [0.4, 0.5) is 0 Å². The van der Waals surface area contributed by atoms with Crippen LogP contribution in [0.25, 0.3) is 0 Å². The Morgan fingerprint density at radius 1 is 1.45 bits per heavy atom. The molecule has 0 radical (unpaired) electrons. The first-order valence-corrected chi connectivity index (χ1v) is 4.43. The van der Waals surface area contributed by atoms with Crippen LogP contribution in [0, 0.1) is 11.3 Å². The molecule has 0 aromatic carbocycles. The van der Waals surface area contributed by atoms with Gasteiger partial charge in [-0.2, -0.15) is 0 Å². The minimum absolute atomic E-state index is 0.0961. The van der Waals surface area contributed by atoms with E-state index in [0.29, 0.717) is 12.0 Å². The first kappa shape index (κ1) is 7.14. The summed E-state index contributed by atoms with van der Waals surface area (Å²) in [6.07, 6.45) is 3.72. The molecule has 2 heteroatoms. The van der Waals surface area contributed by atoms with Gasteiger partial charge in [0, 0.05) is 11.5 Å². The van der Waals surface area contributed by atoms with Crippen molar-refractivity contribution in [3.05, 3.63) is 0 Å². The summed E-state index contributed by atoms with van der Waals surface area (Å²) in [4.78, 5) is 11.4. The lowest BCUT2D eigenvalue weighted by Crippen LogP contribution is -2.29. The van der Waals surface area contributed by atoms with Crippen LogP contribution in [-0.2, 0) is 4.79 Å². The Hall–Kier alpha value is -0.530. The molecule has 0 spiro atoms. The quantitative estimate of drug-likeness (QED) is 0.558. The maximum Gasteiger partial charge on any atom is 0.226 e. The highest BCUT2D eigenvalue weighted by molar-refractivity contribution is 5.85.